The van der Waals surface area contributed by atoms with Gasteiger partial charge in [0.15, 0.2) is 0 Å². The van der Waals surface area contributed by atoms with Crippen molar-refractivity contribution in [3.63, 3.8) is 0 Å². The third-order valence-corrected chi connectivity index (χ3v) is 1.62. The summed E-state index contributed by atoms with van der Waals surface area (Å²) in [5.41, 5.74) is 1.98. The van der Waals surface area contributed by atoms with E-state index < -0.39 is 0 Å². The van der Waals surface area contributed by atoms with E-state index >= 15 is 0 Å². The average molecular weight is 145 g/mol. The number of hydrogen-bond acceptors (Lipinski definition) is 2. The Morgan fingerprint density at radius 3 is 3.27 bits per heavy atom. The fourth-order valence-electron chi connectivity index (χ4n) is 1.07. The summed E-state index contributed by atoms with van der Waals surface area (Å²) >= 11 is 0. The fourth-order valence-corrected chi connectivity index (χ4v) is 1.07. The SMILES string of the molecule is N=C1Cc2ncccc2C=N1. The molecule has 0 spiro atoms. The predicted molar refractivity (Wildman–Crippen MR) is 43.3 cm³/mol. The lowest BCUT2D eigenvalue weighted by Gasteiger charge is -2.07. The Morgan fingerprint density at radius 2 is 2.36 bits per heavy atom. The highest BCUT2D eigenvalue weighted by Gasteiger charge is 2.08. The summed E-state index contributed by atoms with van der Waals surface area (Å²) in [7, 11) is 0. The number of rotatable bonds is 0. The number of pyridine rings is 1. The molecular formula is C8H7N3. The van der Waals surface area contributed by atoms with Crippen molar-refractivity contribution in [1.29, 1.82) is 5.41 Å². The van der Waals surface area contributed by atoms with Crippen molar-refractivity contribution in [2.45, 2.75) is 6.42 Å². The maximum Gasteiger partial charge on any atom is 0.126 e. The summed E-state index contributed by atoms with van der Waals surface area (Å²) in [6, 6.07) is 3.83. The summed E-state index contributed by atoms with van der Waals surface area (Å²) in [6.07, 6.45) is 3.99. The summed E-state index contributed by atoms with van der Waals surface area (Å²) < 4.78 is 0. The molecule has 1 aromatic rings. The Morgan fingerprint density at radius 1 is 1.45 bits per heavy atom. The average Bonchev–Trinajstić information content (AvgIpc) is 2.04. The van der Waals surface area contributed by atoms with Gasteiger partial charge in [0.1, 0.15) is 5.84 Å². The van der Waals surface area contributed by atoms with Gasteiger partial charge in [-0.2, -0.15) is 0 Å². The molecule has 0 amide bonds. The van der Waals surface area contributed by atoms with E-state index in [4.69, 9.17) is 5.41 Å². The molecule has 0 saturated carbocycles. The van der Waals surface area contributed by atoms with E-state index in [2.05, 4.69) is 9.98 Å². The molecule has 2 heterocycles. The molecule has 3 nitrogen and oxygen atoms in total. The van der Waals surface area contributed by atoms with E-state index in [1.165, 1.54) is 0 Å². The second-order valence-corrected chi connectivity index (χ2v) is 2.42. The second kappa shape index (κ2) is 2.27. The number of nitrogens with zero attached hydrogens (tertiary/aromatic N) is 2. The number of hydrogen-bond donors (Lipinski definition) is 1. The van der Waals surface area contributed by atoms with Crippen LogP contribution >= 0.6 is 0 Å². The second-order valence-electron chi connectivity index (χ2n) is 2.42. The zero-order valence-electron chi connectivity index (χ0n) is 5.91. The molecule has 0 aliphatic carbocycles. The molecule has 0 saturated heterocycles. The molecule has 11 heavy (non-hydrogen) atoms. The largest absolute Gasteiger partial charge is 0.286 e. The highest BCUT2D eigenvalue weighted by molar-refractivity contribution is 5.98. The Labute approximate surface area is 64.3 Å². The molecule has 0 unspecified atom stereocenters. The highest BCUT2D eigenvalue weighted by atomic mass is 14.8. The maximum absolute atomic E-state index is 7.28. The molecule has 0 aromatic carbocycles. The van der Waals surface area contributed by atoms with E-state index in [1.807, 2.05) is 12.1 Å². The van der Waals surface area contributed by atoms with Gasteiger partial charge in [0, 0.05) is 18.0 Å². The molecule has 1 aliphatic heterocycles. The molecule has 0 fully saturated rings. The predicted octanol–water partition coefficient (Wildman–Crippen LogP) is 1.03. The van der Waals surface area contributed by atoms with Crippen LogP contribution in [0.3, 0.4) is 0 Å². The Bertz CT molecular complexity index is 328. The van der Waals surface area contributed by atoms with Gasteiger partial charge in [0.2, 0.25) is 0 Å². The minimum atomic E-state index is 0.385. The van der Waals surface area contributed by atoms with Crippen LogP contribution in [0.25, 0.3) is 0 Å². The number of amidine groups is 1. The van der Waals surface area contributed by atoms with Gasteiger partial charge < -0.3 is 0 Å². The molecule has 2 rings (SSSR count). The molecule has 1 aliphatic rings. The first-order valence-corrected chi connectivity index (χ1v) is 3.41. The zero-order valence-corrected chi connectivity index (χ0v) is 5.91. The minimum Gasteiger partial charge on any atom is -0.286 e. The quantitative estimate of drug-likeness (QED) is 0.582. The molecule has 54 valence electrons. The normalized spacial score (nSPS) is 14.7. The van der Waals surface area contributed by atoms with Crippen LogP contribution < -0.4 is 0 Å². The van der Waals surface area contributed by atoms with Crippen molar-refractivity contribution >= 4 is 12.1 Å². The van der Waals surface area contributed by atoms with Crippen LogP contribution in [0, 0.1) is 5.41 Å². The van der Waals surface area contributed by atoms with Crippen molar-refractivity contribution in [2.24, 2.45) is 4.99 Å². The van der Waals surface area contributed by atoms with E-state index in [0.29, 0.717) is 12.3 Å². The van der Waals surface area contributed by atoms with Crippen LogP contribution in [0.1, 0.15) is 11.3 Å². The van der Waals surface area contributed by atoms with Crippen LogP contribution in [0.5, 0.6) is 0 Å². The summed E-state index contributed by atoms with van der Waals surface area (Å²) in [5.74, 6) is 0.385. The molecule has 3 heteroatoms. The lowest BCUT2D eigenvalue weighted by atomic mass is 10.1. The number of nitrogens with one attached hydrogen (secondary N) is 1. The van der Waals surface area contributed by atoms with Crippen molar-refractivity contribution < 1.29 is 0 Å². The fraction of sp³-hybridized carbons (Fsp3) is 0.125. The standard InChI is InChI=1S/C8H7N3/c9-8-4-7-6(5-11-8)2-1-3-10-7/h1-3,5,9H,4H2. The van der Waals surface area contributed by atoms with Crippen LogP contribution in [-0.4, -0.2) is 17.0 Å². The van der Waals surface area contributed by atoms with Crippen molar-refractivity contribution in [3.8, 4) is 0 Å². The van der Waals surface area contributed by atoms with E-state index in [-0.39, 0.29) is 0 Å². The lowest BCUT2D eigenvalue weighted by Crippen LogP contribution is -2.09. The van der Waals surface area contributed by atoms with Crippen molar-refractivity contribution in [3.05, 3.63) is 29.6 Å². The number of aliphatic imine (C=N–C) groups is 1. The Hall–Kier alpha value is -1.51. The van der Waals surface area contributed by atoms with E-state index in [0.717, 1.165) is 11.3 Å². The minimum absolute atomic E-state index is 0.385. The number of aromatic nitrogens is 1. The van der Waals surface area contributed by atoms with Gasteiger partial charge in [-0.25, -0.2) is 4.99 Å². The molecule has 1 aromatic heterocycles. The monoisotopic (exact) mass is 145 g/mol. The summed E-state index contributed by atoms with van der Waals surface area (Å²) in [6.45, 7) is 0. The van der Waals surface area contributed by atoms with Crippen LogP contribution in [-0.2, 0) is 6.42 Å². The van der Waals surface area contributed by atoms with Gasteiger partial charge in [-0.3, -0.25) is 10.4 Å². The molecular weight excluding hydrogens is 138 g/mol. The molecule has 0 atom stereocenters. The van der Waals surface area contributed by atoms with Crippen molar-refractivity contribution in [2.75, 3.05) is 0 Å². The zero-order chi connectivity index (χ0) is 7.68. The number of fused-ring (bicyclic) bond motifs is 1. The van der Waals surface area contributed by atoms with Gasteiger partial charge in [-0.15, -0.1) is 0 Å². The van der Waals surface area contributed by atoms with Gasteiger partial charge >= 0.3 is 0 Å². The summed E-state index contributed by atoms with van der Waals surface area (Å²) in [5, 5.41) is 7.28. The molecule has 0 radical (unpaired) electrons. The third kappa shape index (κ3) is 1.05. The van der Waals surface area contributed by atoms with Crippen molar-refractivity contribution in [1.82, 2.24) is 4.98 Å². The lowest BCUT2D eigenvalue weighted by molar-refractivity contribution is 1.10. The first-order chi connectivity index (χ1) is 5.36. The van der Waals surface area contributed by atoms with Crippen LogP contribution in [0.2, 0.25) is 0 Å². The molecule has 0 bridgehead atoms. The third-order valence-electron chi connectivity index (χ3n) is 1.62. The van der Waals surface area contributed by atoms with E-state index in [9.17, 15) is 0 Å². The highest BCUT2D eigenvalue weighted by Crippen LogP contribution is 2.08. The topological polar surface area (TPSA) is 49.1 Å². The first-order valence-electron chi connectivity index (χ1n) is 3.41. The Kier molecular flexibility index (Phi) is 1.28. The smallest absolute Gasteiger partial charge is 0.126 e. The van der Waals surface area contributed by atoms with E-state index in [1.54, 1.807) is 12.4 Å². The van der Waals surface area contributed by atoms with Gasteiger partial charge in [-0.05, 0) is 6.07 Å². The van der Waals surface area contributed by atoms with Gasteiger partial charge in [0.05, 0.1) is 12.1 Å². The first kappa shape index (κ1) is 6.22. The summed E-state index contributed by atoms with van der Waals surface area (Å²) in [4.78, 5) is 8.03. The molecule has 1 N–H and O–H groups in total. The Balaban J connectivity index is 2.54. The van der Waals surface area contributed by atoms with Gasteiger partial charge in [-0.1, -0.05) is 6.07 Å². The van der Waals surface area contributed by atoms with Crippen LogP contribution in [0.15, 0.2) is 23.3 Å². The van der Waals surface area contributed by atoms with Gasteiger partial charge in [0.25, 0.3) is 0 Å². The van der Waals surface area contributed by atoms with Crippen LogP contribution in [0.4, 0.5) is 0 Å². The maximum atomic E-state index is 7.28.